The quantitative estimate of drug-likeness (QED) is 0.791. The monoisotopic (exact) mass is 259 g/mol. The van der Waals surface area contributed by atoms with Crippen molar-refractivity contribution >= 4 is 28.7 Å². The number of ketones is 1. The third-order valence-electron chi connectivity index (χ3n) is 2.72. The molecule has 2 nitrogen and oxygen atoms in total. The fourth-order valence-corrected chi connectivity index (χ4v) is 2.70. The van der Waals surface area contributed by atoms with E-state index in [0.717, 1.165) is 12.8 Å². The summed E-state index contributed by atoms with van der Waals surface area (Å²) in [6.45, 7) is 4.95. The number of carbonyl (C=O) groups is 1. The Hall–Kier alpha value is -0.380. The maximum Gasteiger partial charge on any atom is 0.174 e. The van der Waals surface area contributed by atoms with E-state index in [9.17, 15) is 4.79 Å². The predicted molar refractivity (Wildman–Crippen MR) is 70.3 cm³/mol. The highest BCUT2D eigenvalue weighted by molar-refractivity contribution is 7.12. The fraction of sp³-hybridized carbons (Fsp3) is 0.583. The van der Waals surface area contributed by atoms with Gasteiger partial charge in [0.25, 0.3) is 0 Å². The van der Waals surface area contributed by atoms with E-state index < -0.39 is 0 Å². The van der Waals surface area contributed by atoms with Crippen LogP contribution in [-0.2, 0) is 0 Å². The lowest BCUT2D eigenvalue weighted by Gasteiger charge is -2.23. The zero-order chi connectivity index (χ0) is 12.2. The van der Waals surface area contributed by atoms with Gasteiger partial charge in [0.2, 0.25) is 0 Å². The van der Waals surface area contributed by atoms with Crippen LogP contribution in [0.15, 0.2) is 11.4 Å². The molecule has 1 rings (SSSR count). The Balaban J connectivity index is 2.51. The minimum absolute atomic E-state index is 0.133. The summed E-state index contributed by atoms with van der Waals surface area (Å²) in [4.78, 5) is 12.6. The summed E-state index contributed by atoms with van der Waals surface area (Å²) in [7, 11) is 0. The Kier molecular flexibility index (Phi) is 4.96. The average molecular weight is 260 g/mol. The first-order chi connectivity index (χ1) is 7.46. The smallest absolute Gasteiger partial charge is 0.174 e. The summed E-state index contributed by atoms with van der Waals surface area (Å²) in [5.41, 5.74) is 5.67. The fourth-order valence-electron chi connectivity index (χ4n) is 1.57. The van der Waals surface area contributed by atoms with Gasteiger partial charge in [0.15, 0.2) is 5.78 Å². The normalized spacial score (nSPS) is 11.8. The molecular weight excluding hydrogens is 242 g/mol. The maximum absolute atomic E-state index is 11.9. The second-order valence-corrected chi connectivity index (χ2v) is 6.05. The molecule has 0 saturated heterocycles. The van der Waals surface area contributed by atoms with Crippen molar-refractivity contribution in [1.29, 1.82) is 0 Å². The van der Waals surface area contributed by atoms with Crippen LogP contribution in [0.4, 0.5) is 0 Å². The van der Waals surface area contributed by atoms with Crippen LogP contribution >= 0.6 is 22.9 Å². The minimum atomic E-state index is 0.133. The van der Waals surface area contributed by atoms with Crippen molar-refractivity contribution in [3.63, 3.8) is 0 Å². The SMILES string of the molecule is CC(C)(CCN)CCC(=O)c1sccc1Cl. The van der Waals surface area contributed by atoms with Gasteiger partial charge >= 0.3 is 0 Å². The molecule has 90 valence electrons. The van der Waals surface area contributed by atoms with Gasteiger partial charge < -0.3 is 5.73 Å². The highest BCUT2D eigenvalue weighted by Crippen LogP contribution is 2.29. The van der Waals surface area contributed by atoms with E-state index in [1.165, 1.54) is 11.3 Å². The lowest BCUT2D eigenvalue weighted by atomic mass is 9.83. The van der Waals surface area contributed by atoms with E-state index in [1.807, 2.05) is 5.38 Å². The molecule has 0 saturated carbocycles. The van der Waals surface area contributed by atoms with Crippen molar-refractivity contribution in [2.75, 3.05) is 6.54 Å². The summed E-state index contributed by atoms with van der Waals surface area (Å²) in [5, 5.41) is 2.42. The van der Waals surface area contributed by atoms with E-state index in [0.29, 0.717) is 22.9 Å². The van der Waals surface area contributed by atoms with Gasteiger partial charge in [-0.3, -0.25) is 4.79 Å². The summed E-state index contributed by atoms with van der Waals surface area (Å²) in [6, 6.07) is 1.77. The van der Waals surface area contributed by atoms with Crippen molar-refractivity contribution in [2.24, 2.45) is 11.1 Å². The molecule has 0 radical (unpaired) electrons. The molecule has 0 aliphatic rings. The minimum Gasteiger partial charge on any atom is -0.330 e. The highest BCUT2D eigenvalue weighted by Gasteiger charge is 2.20. The predicted octanol–water partition coefficient (Wildman–Crippen LogP) is 3.74. The van der Waals surface area contributed by atoms with Crippen LogP contribution in [0.3, 0.4) is 0 Å². The number of Topliss-reactive ketones (excluding diaryl/α,β-unsaturated/α-hetero) is 1. The summed E-state index contributed by atoms with van der Waals surface area (Å²) >= 11 is 7.33. The molecule has 0 atom stereocenters. The number of rotatable bonds is 6. The van der Waals surface area contributed by atoms with E-state index in [2.05, 4.69) is 13.8 Å². The van der Waals surface area contributed by atoms with Gasteiger partial charge in [-0.05, 0) is 36.2 Å². The zero-order valence-corrected chi connectivity index (χ0v) is 11.3. The number of carbonyl (C=O) groups excluding carboxylic acids is 1. The lowest BCUT2D eigenvalue weighted by molar-refractivity contribution is 0.0965. The molecule has 0 aliphatic heterocycles. The van der Waals surface area contributed by atoms with Crippen LogP contribution in [0.5, 0.6) is 0 Å². The van der Waals surface area contributed by atoms with Gasteiger partial charge in [-0.1, -0.05) is 25.4 Å². The molecule has 2 N–H and O–H groups in total. The van der Waals surface area contributed by atoms with Crippen LogP contribution in [0.1, 0.15) is 42.8 Å². The first-order valence-corrected chi connectivity index (χ1v) is 6.68. The molecule has 1 aromatic rings. The number of halogens is 1. The van der Waals surface area contributed by atoms with Gasteiger partial charge in [-0.2, -0.15) is 0 Å². The Bertz CT molecular complexity index is 360. The van der Waals surface area contributed by atoms with Crippen molar-refractivity contribution in [1.82, 2.24) is 0 Å². The van der Waals surface area contributed by atoms with E-state index in [1.54, 1.807) is 6.07 Å². The van der Waals surface area contributed by atoms with Crippen molar-refractivity contribution in [3.05, 3.63) is 21.3 Å². The number of hydrogen-bond donors (Lipinski definition) is 1. The standard InChI is InChI=1S/C12H18ClNOS/c1-12(2,6-7-14)5-3-10(15)11-9(13)4-8-16-11/h4,8H,3,5-7,14H2,1-2H3. The topological polar surface area (TPSA) is 43.1 Å². The second kappa shape index (κ2) is 5.80. The van der Waals surface area contributed by atoms with Crippen LogP contribution < -0.4 is 5.73 Å². The maximum atomic E-state index is 11.9. The molecule has 4 heteroatoms. The molecule has 1 aromatic heterocycles. The van der Waals surface area contributed by atoms with Crippen molar-refractivity contribution in [3.8, 4) is 0 Å². The second-order valence-electron chi connectivity index (χ2n) is 4.72. The van der Waals surface area contributed by atoms with Crippen molar-refractivity contribution < 1.29 is 4.79 Å². The number of thiophene rings is 1. The molecule has 0 aliphatic carbocycles. The summed E-state index contributed by atoms with van der Waals surface area (Å²) < 4.78 is 0. The van der Waals surface area contributed by atoms with Gasteiger partial charge in [-0.25, -0.2) is 0 Å². The van der Waals surface area contributed by atoms with Crippen LogP contribution in [0, 0.1) is 5.41 Å². The summed E-state index contributed by atoms with van der Waals surface area (Å²) in [6.07, 6.45) is 2.35. The number of nitrogens with two attached hydrogens (primary N) is 1. The third kappa shape index (κ3) is 3.89. The van der Waals surface area contributed by atoms with Gasteiger partial charge in [0.1, 0.15) is 0 Å². The largest absolute Gasteiger partial charge is 0.330 e. The third-order valence-corrected chi connectivity index (χ3v) is 4.10. The molecule has 0 aromatic carbocycles. The Labute approximate surface area is 106 Å². The highest BCUT2D eigenvalue weighted by atomic mass is 35.5. The molecular formula is C12H18ClNOS. The van der Waals surface area contributed by atoms with Crippen LogP contribution in [0.2, 0.25) is 5.02 Å². The summed E-state index contributed by atoms with van der Waals surface area (Å²) in [5.74, 6) is 0.144. The van der Waals surface area contributed by atoms with E-state index in [4.69, 9.17) is 17.3 Å². The van der Waals surface area contributed by atoms with Gasteiger partial charge in [-0.15, -0.1) is 11.3 Å². The molecule has 0 amide bonds. The van der Waals surface area contributed by atoms with E-state index >= 15 is 0 Å². The van der Waals surface area contributed by atoms with Crippen molar-refractivity contribution in [2.45, 2.75) is 33.1 Å². The molecule has 0 bridgehead atoms. The van der Waals surface area contributed by atoms with Gasteiger partial charge in [0, 0.05) is 6.42 Å². The molecule has 16 heavy (non-hydrogen) atoms. The zero-order valence-electron chi connectivity index (χ0n) is 9.75. The Morgan fingerprint density at radius 1 is 1.50 bits per heavy atom. The van der Waals surface area contributed by atoms with Gasteiger partial charge in [0.05, 0.1) is 9.90 Å². The first kappa shape index (κ1) is 13.7. The molecule has 0 fully saturated rings. The van der Waals surface area contributed by atoms with E-state index in [-0.39, 0.29) is 11.2 Å². The molecule has 0 unspecified atom stereocenters. The molecule has 1 heterocycles. The first-order valence-electron chi connectivity index (χ1n) is 5.42. The Morgan fingerprint density at radius 3 is 2.69 bits per heavy atom. The molecule has 0 spiro atoms. The number of hydrogen-bond acceptors (Lipinski definition) is 3. The Morgan fingerprint density at radius 2 is 2.19 bits per heavy atom. The van der Waals surface area contributed by atoms with Crippen LogP contribution in [-0.4, -0.2) is 12.3 Å². The van der Waals surface area contributed by atoms with Crippen LogP contribution in [0.25, 0.3) is 0 Å². The lowest BCUT2D eigenvalue weighted by Crippen LogP contribution is -2.18. The average Bonchev–Trinajstić information content (AvgIpc) is 2.61.